The molecule has 0 bridgehead atoms. The standard InChI is InChI=1S/C14H22N2O2/c1-15-9-14-11-16(7-8-18-14)10-12-3-5-13(17-2)6-4-12/h3-6,14-15H,7-11H2,1-2H3. The van der Waals surface area contributed by atoms with Crippen LogP contribution >= 0.6 is 0 Å². The number of benzene rings is 1. The quantitative estimate of drug-likeness (QED) is 0.849. The highest BCUT2D eigenvalue weighted by Gasteiger charge is 2.19. The fourth-order valence-electron chi connectivity index (χ4n) is 2.26. The zero-order valence-electron chi connectivity index (χ0n) is 11.2. The molecular formula is C14H22N2O2. The van der Waals surface area contributed by atoms with Gasteiger partial charge < -0.3 is 14.8 Å². The average Bonchev–Trinajstić information content (AvgIpc) is 2.40. The molecule has 1 aliphatic heterocycles. The Balaban J connectivity index is 1.87. The molecule has 100 valence electrons. The average molecular weight is 250 g/mol. The molecule has 1 N–H and O–H groups in total. The molecule has 1 saturated heterocycles. The Bertz CT molecular complexity index is 351. The number of rotatable bonds is 5. The maximum Gasteiger partial charge on any atom is 0.118 e. The second-order valence-corrected chi connectivity index (χ2v) is 4.63. The van der Waals surface area contributed by atoms with Crippen molar-refractivity contribution in [1.29, 1.82) is 0 Å². The number of nitrogens with zero attached hydrogens (tertiary/aromatic N) is 1. The zero-order chi connectivity index (χ0) is 12.8. The van der Waals surface area contributed by atoms with Gasteiger partial charge in [0.1, 0.15) is 5.75 Å². The minimum absolute atomic E-state index is 0.307. The summed E-state index contributed by atoms with van der Waals surface area (Å²) in [6.07, 6.45) is 0.307. The van der Waals surface area contributed by atoms with E-state index < -0.39 is 0 Å². The molecule has 1 heterocycles. The first-order chi connectivity index (χ1) is 8.81. The smallest absolute Gasteiger partial charge is 0.118 e. The maximum atomic E-state index is 5.70. The number of hydrogen-bond donors (Lipinski definition) is 1. The predicted molar refractivity (Wildman–Crippen MR) is 71.9 cm³/mol. The van der Waals surface area contributed by atoms with Crippen molar-refractivity contribution in [3.63, 3.8) is 0 Å². The van der Waals surface area contributed by atoms with E-state index in [1.165, 1.54) is 5.56 Å². The van der Waals surface area contributed by atoms with Crippen LogP contribution in [0, 0.1) is 0 Å². The molecule has 0 aromatic heterocycles. The van der Waals surface area contributed by atoms with Crippen LogP contribution < -0.4 is 10.1 Å². The van der Waals surface area contributed by atoms with Crippen molar-refractivity contribution >= 4 is 0 Å². The Morgan fingerprint density at radius 2 is 2.17 bits per heavy atom. The number of methoxy groups -OCH3 is 1. The van der Waals surface area contributed by atoms with Crippen LogP contribution in [-0.2, 0) is 11.3 Å². The Kier molecular flexibility index (Phi) is 4.99. The summed E-state index contributed by atoms with van der Waals surface area (Å²) in [5, 5.41) is 3.17. The molecule has 0 saturated carbocycles. The van der Waals surface area contributed by atoms with E-state index in [4.69, 9.17) is 9.47 Å². The number of nitrogens with one attached hydrogen (secondary N) is 1. The molecule has 0 amide bonds. The Hall–Kier alpha value is -1.10. The van der Waals surface area contributed by atoms with Gasteiger partial charge in [-0.1, -0.05) is 12.1 Å². The van der Waals surface area contributed by atoms with E-state index >= 15 is 0 Å². The van der Waals surface area contributed by atoms with Crippen LogP contribution in [0.2, 0.25) is 0 Å². The van der Waals surface area contributed by atoms with Gasteiger partial charge in [-0.2, -0.15) is 0 Å². The molecule has 1 atom stereocenters. The summed E-state index contributed by atoms with van der Waals surface area (Å²) in [6, 6.07) is 8.28. The minimum Gasteiger partial charge on any atom is -0.497 e. The lowest BCUT2D eigenvalue weighted by atomic mass is 10.2. The fraction of sp³-hybridized carbons (Fsp3) is 0.571. The summed E-state index contributed by atoms with van der Waals surface area (Å²) in [5.74, 6) is 0.911. The first-order valence-electron chi connectivity index (χ1n) is 6.43. The molecule has 4 heteroatoms. The van der Waals surface area contributed by atoms with Crippen LogP contribution in [0.5, 0.6) is 5.75 Å². The summed E-state index contributed by atoms with van der Waals surface area (Å²) in [5.41, 5.74) is 1.32. The molecule has 1 fully saturated rings. The van der Waals surface area contributed by atoms with Gasteiger partial charge in [-0.15, -0.1) is 0 Å². The lowest BCUT2D eigenvalue weighted by molar-refractivity contribution is -0.0291. The van der Waals surface area contributed by atoms with Crippen LogP contribution in [-0.4, -0.2) is 51.4 Å². The fourth-order valence-corrected chi connectivity index (χ4v) is 2.26. The Labute approximate surface area is 109 Å². The van der Waals surface area contributed by atoms with E-state index in [1.54, 1.807) is 7.11 Å². The van der Waals surface area contributed by atoms with Crippen molar-refractivity contribution in [2.24, 2.45) is 0 Å². The van der Waals surface area contributed by atoms with E-state index in [0.29, 0.717) is 6.10 Å². The van der Waals surface area contributed by atoms with Crippen molar-refractivity contribution in [3.8, 4) is 5.75 Å². The summed E-state index contributed by atoms with van der Waals surface area (Å²) in [4.78, 5) is 2.44. The molecule has 1 aromatic carbocycles. The van der Waals surface area contributed by atoms with Crippen LogP contribution in [0.15, 0.2) is 24.3 Å². The second-order valence-electron chi connectivity index (χ2n) is 4.63. The highest BCUT2D eigenvalue weighted by atomic mass is 16.5. The molecule has 0 spiro atoms. The molecule has 0 aliphatic carbocycles. The SMILES string of the molecule is CNCC1CN(Cc2ccc(OC)cc2)CCO1. The predicted octanol–water partition coefficient (Wildman–Crippen LogP) is 1.12. The number of likely N-dealkylation sites (N-methyl/N-ethyl adjacent to an activating group) is 1. The molecule has 1 unspecified atom stereocenters. The van der Waals surface area contributed by atoms with E-state index in [1.807, 2.05) is 19.2 Å². The highest BCUT2D eigenvalue weighted by Crippen LogP contribution is 2.14. The third-order valence-electron chi connectivity index (χ3n) is 3.22. The number of ether oxygens (including phenoxy) is 2. The Morgan fingerprint density at radius 3 is 2.83 bits per heavy atom. The molecule has 1 aliphatic rings. The maximum absolute atomic E-state index is 5.70. The highest BCUT2D eigenvalue weighted by molar-refractivity contribution is 5.27. The third kappa shape index (κ3) is 3.70. The van der Waals surface area contributed by atoms with Gasteiger partial charge in [-0.05, 0) is 24.7 Å². The van der Waals surface area contributed by atoms with Gasteiger partial charge in [0.25, 0.3) is 0 Å². The molecular weight excluding hydrogens is 228 g/mol. The van der Waals surface area contributed by atoms with E-state index in [2.05, 4.69) is 22.3 Å². The lowest BCUT2D eigenvalue weighted by Gasteiger charge is -2.32. The summed E-state index contributed by atoms with van der Waals surface area (Å²) in [6.45, 7) is 4.72. The first-order valence-corrected chi connectivity index (χ1v) is 6.43. The molecule has 0 radical (unpaired) electrons. The largest absolute Gasteiger partial charge is 0.497 e. The van der Waals surface area contributed by atoms with E-state index in [-0.39, 0.29) is 0 Å². The van der Waals surface area contributed by atoms with E-state index in [9.17, 15) is 0 Å². The van der Waals surface area contributed by atoms with Crippen molar-refractivity contribution in [1.82, 2.24) is 10.2 Å². The molecule has 1 aromatic rings. The topological polar surface area (TPSA) is 33.7 Å². The molecule has 18 heavy (non-hydrogen) atoms. The van der Waals surface area contributed by atoms with Gasteiger partial charge >= 0.3 is 0 Å². The molecule has 2 rings (SSSR count). The van der Waals surface area contributed by atoms with Gasteiger partial charge in [0.2, 0.25) is 0 Å². The minimum atomic E-state index is 0.307. The number of hydrogen-bond acceptors (Lipinski definition) is 4. The summed E-state index contributed by atoms with van der Waals surface area (Å²) in [7, 11) is 3.66. The molecule has 4 nitrogen and oxygen atoms in total. The second kappa shape index (κ2) is 6.73. The number of morpholine rings is 1. The van der Waals surface area contributed by atoms with Gasteiger partial charge in [-0.25, -0.2) is 0 Å². The van der Waals surface area contributed by atoms with Crippen molar-refractivity contribution in [2.75, 3.05) is 40.4 Å². The summed E-state index contributed by atoms with van der Waals surface area (Å²) < 4.78 is 10.9. The van der Waals surface area contributed by atoms with Crippen molar-refractivity contribution in [3.05, 3.63) is 29.8 Å². The monoisotopic (exact) mass is 250 g/mol. The van der Waals surface area contributed by atoms with Crippen LogP contribution in [0.1, 0.15) is 5.56 Å². The van der Waals surface area contributed by atoms with Gasteiger partial charge in [-0.3, -0.25) is 4.90 Å². The van der Waals surface area contributed by atoms with Gasteiger partial charge in [0, 0.05) is 26.2 Å². The first kappa shape index (κ1) is 13.3. The zero-order valence-corrected chi connectivity index (χ0v) is 11.2. The lowest BCUT2D eigenvalue weighted by Crippen LogP contribution is -2.45. The summed E-state index contributed by atoms with van der Waals surface area (Å²) >= 11 is 0. The normalized spacial score (nSPS) is 20.9. The van der Waals surface area contributed by atoms with Gasteiger partial charge in [0.15, 0.2) is 0 Å². The van der Waals surface area contributed by atoms with Crippen LogP contribution in [0.4, 0.5) is 0 Å². The van der Waals surface area contributed by atoms with Crippen molar-refractivity contribution < 1.29 is 9.47 Å². The van der Waals surface area contributed by atoms with Crippen LogP contribution in [0.25, 0.3) is 0 Å². The van der Waals surface area contributed by atoms with Crippen molar-refractivity contribution in [2.45, 2.75) is 12.6 Å². The third-order valence-corrected chi connectivity index (χ3v) is 3.22. The van der Waals surface area contributed by atoms with Gasteiger partial charge in [0.05, 0.1) is 19.8 Å². The Morgan fingerprint density at radius 1 is 1.39 bits per heavy atom. The van der Waals surface area contributed by atoms with E-state index in [0.717, 1.165) is 38.5 Å². The van der Waals surface area contributed by atoms with Crippen LogP contribution in [0.3, 0.4) is 0 Å².